The summed E-state index contributed by atoms with van der Waals surface area (Å²) in [7, 11) is 0. The molecule has 1 N–H and O–H groups in total. The number of hydrogen-bond donors (Lipinski definition) is 1. The van der Waals surface area contributed by atoms with Crippen LogP contribution >= 0.6 is 11.3 Å². The molecule has 1 amide bonds. The van der Waals surface area contributed by atoms with Crippen LogP contribution in [0.1, 0.15) is 28.3 Å². The average Bonchev–Trinajstić information content (AvgIpc) is 3.05. The Morgan fingerprint density at radius 1 is 1.44 bits per heavy atom. The van der Waals surface area contributed by atoms with Gasteiger partial charge in [-0.1, -0.05) is 0 Å². The van der Waals surface area contributed by atoms with Crippen LogP contribution in [0.4, 0.5) is 5.95 Å². The zero-order valence-electron chi connectivity index (χ0n) is 14.1. The van der Waals surface area contributed by atoms with Crippen molar-refractivity contribution in [1.29, 1.82) is 0 Å². The predicted molar refractivity (Wildman–Crippen MR) is 94.7 cm³/mol. The second kappa shape index (κ2) is 6.68. The summed E-state index contributed by atoms with van der Waals surface area (Å²) in [5.41, 5.74) is 0.401. The predicted octanol–water partition coefficient (Wildman–Crippen LogP) is 1.97. The van der Waals surface area contributed by atoms with E-state index in [9.17, 15) is 4.79 Å². The molecule has 1 spiro atoms. The molecule has 2 fully saturated rings. The summed E-state index contributed by atoms with van der Waals surface area (Å²) in [6, 6.07) is 1.80. The molecule has 132 valence electrons. The number of thiazole rings is 1. The van der Waals surface area contributed by atoms with Crippen molar-refractivity contribution in [3.63, 3.8) is 0 Å². The van der Waals surface area contributed by atoms with Crippen molar-refractivity contribution in [2.24, 2.45) is 5.92 Å². The number of aryl methyl sites for hydroxylation is 1. The molecule has 25 heavy (non-hydrogen) atoms. The molecule has 0 saturated carbocycles. The maximum atomic E-state index is 12.4. The zero-order chi connectivity index (χ0) is 17.3. The Labute approximate surface area is 150 Å². The van der Waals surface area contributed by atoms with Gasteiger partial charge in [-0.2, -0.15) is 0 Å². The number of anilines is 1. The number of carbonyl (C=O) groups is 1. The van der Waals surface area contributed by atoms with Crippen LogP contribution in [0.3, 0.4) is 0 Å². The van der Waals surface area contributed by atoms with Crippen LogP contribution in [0, 0.1) is 12.8 Å². The summed E-state index contributed by atoms with van der Waals surface area (Å²) in [5, 5.41) is 6.01. The van der Waals surface area contributed by atoms with E-state index in [1.165, 1.54) is 11.3 Å². The van der Waals surface area contributed by atoms with Crippen molar-refractivity contribution >= 4 is 23.2 Å². The standard InChI is InChI=1S/C17H21N5O2S/c1-12-21-14(9-25-12)15(23)22-10-17(11-22)4-3-13(8-24-17)7-20-16-18-5-2-6-19-16/h2,5-6,9,13H,3-4,7-8,10-11H2,1H3,(H,18,19,20)/t13-/m0/s1. The summed E-state index contributed by atoms with van der Waals surface area (Å²) < 4.78 is 6.13. The molecule has 4 heterocycles. The van der Waals surface area contributed by atoms with E-state index in [2.05, 4.69) is 20.3 Å². The first-order valence-corrected chi connectivity index (χ1v) is 9.38. The maximum Gasteiger partial charge on any atom is 0.273 e. The maximum absolute atomic E-state index is 12.4. The number of nitrogens with one attached hydrogen (secondary N) is 1. The summed E-state index contributed by atoms with van der Waals surface area (Å²) in [4.78, 5) is 26.8. The Hall–Kier alpha value is -2.06. The van der Waals surface area contributed by atoms with Gasteiger partial charge in [0.1, 0.15) is 11.3 Å². The summed E-state index contributed by atoms with van der Waals surface area (Å²) >= 11 is 1.51. The van der Waals surface area contributed by atoms with Gasteiger partial charge < -0.3 is 15.0 Å². The van der Waals surface area contributed by atoms with Crippen LogP contribution in [0.5, 0.6) is 0 Å². The fourth-order valence-electron chi connectivity index (χ4n) is 3.37. The number of amides is 1. The van der Waals surface area contributed by atoms with Gasteiger partial charge in [-0.25, -0.2) is 15.0 Å². The quantitative estimate of drug-likeness (QED) is 0.899. The molecule has 4 rings (SSSR count). The lowest BCUT2D eigenvalue weighted by Gasteiger charge is -2.52. The molecule has 2 saturated heterocycles. The highest BCUT2D eigenvalue weighted by atomic mass is 32.1. The Morgan fingerprint density at radius 2 is 2.24 bits per heavy atom. The van der Waals surface area contributed by atoms with E-state index >= 15 is 0 Å². The first-order valence-electron chi connectivity index (χ1n) is 8.50. The third kappa shape index (κ3) is 3.50. The van der Waals surface area contributed by atoms with Gasteiger partial charge in [0.05, 0.1) is 24.7 Å². The Morgan fingerprint density at radius 3 is 2.88 bits per heavy atom. The first-order chi connectivity index (χ1) is 12.1. The molecular formula is C17H21N5O2S. The number of likely N-dealkylation sites (tertiary alicyclic amines) is 1. The van der Waals surface area contributed by atoms with E-state index in [0.717, 1.165) is 24.4 Å². The van der Waals surface area contributed by atoms with Gasteiger partial charge in [-0.3, -0.25) is 4.79 Å². The van der Waals surface area contributed by atoms with Crippen LogP contribution in [0.2, 0.25) is 0 Å². The van der Waals surface area contributed by atoms with E-state index in [1.807, 2.05) is 17.2 Å². The van der Waals surface area contributed by atoms with Crippen LogP contribution < -0.4 is 5.32 Å². The number of ether oxygens (including phenoxy) is 1. The van der Waals surface area contributed by atoms with Crippen molar-refractivity contribution in [3.05, 3.63) is 34.5 Å². The lowest BCUT2D eigenvalue weighted by Crippen LogP contribution is -2.66. The molecule has 8 heteroatoms. The number of hydrogen-bond acceptors (Lipinski definition) is 7. The van der Waals surface area contributed by atoms with Gasteiger partial charge in [0.15, 0.2) is 0 Å². The molecule has 0 unspecified atom stereocenters. The molecule has 1 atom stereocenters. The van der Waals surface area contributed by atoms with E-state index in [4.69, 9.17) is 4.74 Å². The van der Waals surface area contributed by atoms with Gasteiger partial charge in [0.25, 0.3) is 5.91 Å². The minimum atomic E-state index is -0.152. The SMILES string of the molecule is Cc1nc(C(=O)N2CC3(CC[C@@H](CNc4ncccn4)CO3)C2)cs1. The molecule has 0 aromatic carbocycles. The van der Waals surface area contributed by atoms with Crippen molar-refractivity contribution in [1.82, 2.24) is 19.9 Å². The molecule has 0 radical (unpaired) electrons. The molecule has 2 aliphatic heterocycles. The average molecular weight is 359 g/mol. The summed E-state index contributed by atoms with van der Waals surface area (Å²) in [6.07, 6.45) is 5.52. The number of aromatic nitrogens is 3. The minimum absolute atomic E-state index is 0.0172. The molecule has 0 aliphatic carbocycles. The van der Waals surface area contributed by atoms with E-state index in [-0.39, 0.29) is 11.5 Å². The highest BCUT2D eigenvalue weighted by molar-refractivity contribution is 7.09. The highest BCUT2D eigenvalue weighted by Crippen LogP contribution is 2.36. The van der Waals surface area contributed by atoms with Crippen molar-refractivity contribution in [2.75, 3.05) is 31.6 Å². The van der Waals surface area contributed by atoms with E-state index in [0.29, 0.717) is 37.3 Å². The lowest BCUT2D eigenvalue weighted by atomic mass is 9.83. The Bertz CT molecular complexity index is 735. The second-order valence-corrected chi connectivity index (χ2v) is 7.83. The number of nitrogens with zero attached hydrogens (tertiary/aromatic N) is 4. The Kier molecular flexibility index (Phi) is 4.39. The minimum Gasteiger partial charge on any atom is -0.371 e. The molecule has 2 aliphatic rings. The van der Waals surface area contributed by atoms with Crippen molar-refractivity contribution in [3.8, 4) is 0 Å². The smallest absolute Gasteiger partial charge is 0.273 e. The van der Waals surface area contributed by atoms with Gasteiger partial charge in [-0.05, 0) is 31.7 Å². The van der Waals surface area contributed by atoms with Crippen molar-refractivity contribution in [2.45, 2.75) is 25.4 Å². The van der Waals surface area contributed by atoms with Gasteiger partial charge in [0, 0.05) is 24.3 Å². The lowest BCUT2D eigenvalue weighted by molar-refractivity contribution is -0.165. The van der Waals surface area contributed by atoms with E-state index in [1.54, 1.807) is 18.5 Å². The third-order valence-corrected chi connectivity index (χ3v) is 5.60. The molecular weight excluding hydrogens is 338 g/mol. The normalized spacial score (nSPS) is 21.8. The van der Waals surface area contributed by atoms with Gasteiger partial charge >= 0.3 is 0 Å². The largest absolute Gasteiger partial charge is 0.371 e. The molecule has 0 bridgehead atoms. The van der Waals surface area contributed by atoms with E-state index < -0.39 is 0 Å². The molecule has 7 nitrogen and oxygen atoms in total. The topological polar surface area (TPSA) is 80.2 Å². The van der Waals surface area contributed by atoms with Crippen LogP contribution in [-0.4, -0.2) is 57.6 Å². The van der Waals surface area contributed by atoms with Crippen LogP contribution in [0.15, 0.2) is 23.8 Å². The van der Waals surface area contributed by atoms with Gasteiger partial charge in [0.2, 0.25) is 5.95 Å². The van der Waals surface area contributed by atoms with Crippen molar-refractivity contribution < 1.29 is 9.53 Å². The van der Waals surface area contributed by atoms with Crippen LogP contribution in [-0.2, 0) is 4.74 Å². The first kappa shape index (κ1) is 16.4. The van der Waals surface area contributed by atoms with Crippen LogP contribution in [0.25, 0.3) is 0 Å². The summed E-state index contributed by atoms with van der Waals surface area (Å²) in [5.74, 6) is 1.12. The Balaban J connectivity index is 1.24. The molecule has 2 aromatic heterocycles. The second-order valence-electron chi connectivity index (χ2n) is 6.76. The number of rotatable bonds is 4. The fraction of sp³-hybridized carbons (Fsp3) is 0.529. The monoisotopic (exact) mass is 359 g/mol. The highest BCUT2D eigenvalue weighted by Gasteiger charge is 2.48. The zero-order valence-corrected chi connectivity index (χ0v) is 15.0. The third-order valence-electron chi connectivity index (χ3n) is 4.83. The number of carbonyl (C=O) groups excluding carboxylic acids is 1. The fourth-order valence-corrected chi connectivity index (χ4v) is 3.96. The summed E-state index contributed by atoms with van der Waals surface area (Å²) in [6.45, 7) is 4.77. The van der Waals surface area contributed by atoms with Gasteiger partial charge in [-0.15, -0.1) is 11.3 Å². The molecule has 2 aromatic rings.